The number of nitrogens with zero attached hydrogens (tertiary/aromatic N) is 4. The first-order chi connectivity index (χ1) is 13.1. The van der Waals surface area contributed by atoms with Gasteiger partial charge in [0.1, 0.15) is 5.69 Å². The fourth-order valence-electron chi connectivity index (χ4n) is 3.91. The van der Waals surface area contributed by atoms with Crippen molar-refractivity contribution in [1.82, 2.24) is 14.5 Å². The van der Waals surface area contributed by atoms with Gasteiger partial charge in [0.05, 0.1) is 19.5 Å². The van der Waals surface area contributed by atoms with Crippen LogP contribution in [0.5, 0.6) is 0 Å². The fourth-order valence-corrected chi connectivity index (χ4v) is 3.91. The molecule has 0 N–H and O–H groups in total. The molecule has 7 nitrogen and oxygen atoms in total. The number of para-hydroxylation sites is 1. The molecule has 2 aliphatic rings. The number of carbonyl (C=O) groups is 2. The highest BCUT2D eigenvalue weighted by atomic mass is 16.5. The van der Waals surface area contributed by atoms with E-state index in [1.807, 2.05) is 42.3 Å². The van der Waals surface area contributed by atoms with Crippen molar-refractivity contribution in [2.24, 2.45) is 7.05 Å². The van der Waals surface area contributed by atoms with Gasteiger partial charge in [-0.1, -0.05) is 18.2 Å². The zero-order valence-corrected chi connectivity index (χ0v) is 15.5. The molecule has 142 valence electrons. The number of benzene rings is 1. The SMILES string of the molecule is Cn1cnc(C(=O)N2CCOC3(CCCCN(c4ccccc4)C3=O)C2)c1. The van der Waals surface area contributed by atoms with Crippen molar-refractivity contribution in [2.75, 3.05) is 31.1 Å². The van der Waals surface area contributed by atoms with Crippen molar-refractivity contribution in [3.05, 3.63) is 48.5 Å². The minimum atomic E-state index is -0.977. The van der Waals surface area contributed by atoms with E-state index in [4.69, 9.17) is 4.74 Å². The van der Waals surface area contributed by atoms with E-state index in [0.717, 1.165) is 18.5 Å². The van der Waals surface area contributed by atoms with Crippen LogP contribution in [0.3, 0.4) is 0 Å². The molecule has 2 saturated heterocycles. The number of carbonyl (C=O) groups excluding carboxylic acids is 2. The van der Waals surface area contributed by atoms with Gasteiger partial charge in [-0.2, -0.15) is 0 Å². The molecule has 2 aliphatic heterocycles. The Bertz CT molecular complexity index is 835. The molecule has 2 aromatic rings. The van der Waals surface area contributed by atoms with Crippen molar-refractivity contribution in [1.29, 1.82) is 0 Å². The summed E-state index contributed by atoms with van der Waals surface area (Å²) >= 11 is 0. The number of anilines is 1. The van der Waals surface area contributed by atoms with Crippen LogP contribution in [0.4, 0.5) is 5.69 Å². The van der Waals surface area contributed by atoms with Gasteiger partial charge >= 0.3 is 0 Å². The highest BCUT2D eigenvalue weighted by Gasteiger charge is 2.48. The first-order valence-corrected chi connectivity index (χ1v) is 9.37. The number of amides is 2. The number of rotatable bonds is 2. The Hall–Kier alpha value is -2.67. The molecular formula is C20H24N4O3. The van der Waals surface area contributed by atoms with Gasteiger partial charge in [0.15, 0.2) is 5.60 Å². The predicted molar refractivity (Wildman–Crippen MR) is 100 cm³/mol. The van der Waals surface area contributed by atoms with Crippen LogP contribution in [-0.2, 0) is 16.6 Å². The topological polar surface area (TPSA) is 67.7 Å². The average Bonchev–Trinajstić information content (AvgIpc) is 3.07. The second-order valence-corrected chi connectivity index (χ2v) is 7.24. The molecule has 4 rings (SSSR count). The Balaban J connectivity index is 1.60. The molecule has 1 unspecified atom stereocenters. The van der Waals surface area contributed by atoms with Gasteiger partial charge in [0, 0.05) is 32.0 Å². The molecule has 2 amide bonds. The Labute approximate surface area is 158 Å². The highest BCUT2D eigenvalue weighted by Crippen LogP contribution is 2.32. The number of ether oxygens (including phenoxy) is 1. The van der Waals surface area contributed by atoms with E-state index in [9.17, 15) is 9.59 Å². The summed E-state index contributed by atoms with van der Waals surface area (Å²) in [7, 11) is 1.83. The van der Waals surface area contributed by atoms with Crippen molar-refractivity contribution < 1.29 is 14.3 Å². The lowest BCUT2D eigenvalue weighted by atomic mass is 9.93. The van der Waals surface area contributed by atoms with Crippen LogP contribution in [0.2, 0.25) is 0 Å². The molecule has 1 spiro atoms. The summed E-state index contributed by atoms with van der Waals surface area (Å²) in [6, 6.07) is 9.68. The second kappa shape index (κ2) is 7.15. The monoisotopic (exact) mass is 368 g/mol. The lowest BCUT2D eigenvalue weighted by Crippen LogP contribution is -2.61. The molecule has 0 saturated carbocycles. The highest BCUT2D eigenvalue weighted by molar-refractivity contribution is 6.01. The smallest absolute Gasteiger partial charge is 0.274 e. The maximum absolute atomic E-state index is 13.5. The summed E-state index contributed by atoms with van der Waals surface area (Å²) in [5.74, 6) is -0.202. The number of hydrogen-bond acceptors (Lipinski definition) is 4. The van der Waals surface area contributed by atoms with Crippen LogP contribution >= 0.6 is 0 Å². The molecule has 0 bridgehead atoms. The van der Waals surface area contributed by atoms with E-state index in [2.05, 4.69) is 4.98 Å². The van der Waals surface area contributed by atoms with Crippen molar-refractivity contribution in [3.8, 4) is 0 Å². The minimum absolute atomic E-state index is 0.0512. The van der Waals surface area contributed by atoms with Gasteiger partial charge in [-0.3, -0.25) is 9.59 Å². The molecule has 0 aliphatic carbocycles. The summed E-state index contributed by atoms with van der Waals surface area (Å²) in [6.45, 7) is 1.76. The normalized spacial score (nSPS) is 23.5. The van der Waals surface area contributed by atoms with E-state index >= 15 is 0 Å². The van der Waals surface area contributed by atoms with E-state index in [0.29, 0.717) is 31.8 Å². The average molecular weight is 368 g/mol. The molecule has 1 aromatic heterocycles. The van der Waals surface area contributed by atoms with Crippen LogP contribution < -0.4 is 4.90 Å². The third kappa shape index (κ3) is 3.35. The number of morpholine rings is 1. The quantitative estimate of drug-likeness (QED) is 0.811. The maximum Gasteiger partial charge on any atom is 0.274 e. The molecule has 1 aromatic carbocycles. The molecule has 0 radical (unpaired) electrons. The lowest BCUT2D eigenvalue weighted by Gasteiger charge is -2.42. The zero-order chi connectivity index (χ0) is 18.9. The van der Waals surface area contributed by atoms with Crippen molar-refractivity contribution in [3.63, 3.8) is 0 Å². The second-order valence-electron chi connectivity index (χ2n) is 7.24. The van der Waals surface area contributed by atoms with Crippen molar-refractivity contribution >= 4 is 17.5 Å². The lowest BCUT2D eigenvalue weighted by molar-refractivity contribution is -0.155. The van der Waals surface area contributed by atoms with E-state index in [1.54, 1.807) is 22.0 Å². The van der Waals surface area contributed by atoms with Crippen LogP contribution in [0.25, 0.3) is 0 Å². The number of imidazole rings is 1. The van der Waals surface area contributed by atoms with Gasteiger partial charge in [0.2, 0.25) is 0 Å². The van der Waals surface area contributed by atoms with Gasteiger partial charge in [-0.05, 0) is 31.4 Å². The van der Waals surface area contributed by atoms with Gasteiger partial charge in [-0.25, -0.2) is 4.98 Å². The number of hydrogen-bond donors (Lipinski definition) is 0. The van der Waals surface area contributed by atoms with Crippen molar-refractivity contribution in [2.45, 2.75) is 24.9 Å². The molecule has 27 heavy (non-hydrogen) atoms. The van der Waals surface area contributed by atoms with Crippen LogP contribution in [0.1, 0.15) is 29.8 Å². The summed E-state index contributed by atoms with van der Waals surface area (Å²) in [5, 5.41) is 0. The fraction of sp³-hybridized carbons (Fsp3) is 0.450. The molecular weight excluding hydrogens is 344 g/mol. The molecule has 3 heterocycles. The van der Waals surface area contributed by atoms with Gasteiger partial charge in [0.25, 0.3) is 11.8 Å². The Morgan fingerprint density at radius 3 is 2.74 bits per heavy atom. The van der Waals surface area contributed by atoms with Crippen LogP contribution in [0, 0.1) is 0 Å². The van der Waals surface area contributed by atoms with Gasteiger partial charge in [-0.15, -0.1) is 0 Å². The van der Waals surface area contributed by atoms with Gasteiger partial charge < -0.3 is 19.1 Å². The molecule has 7 heteroatoms. The standard InChI is InChI=1S/C20H24N4O3/c1-22-13-17(21-15-22)18(25)23-11-12-27-20(14-23)9-5-6-10-24(19(20)26)16-7-3-2-4-8-16/h2-4,7-8,13,15H,5-6,9-12,14H2,1H3. The van der Waals surface area contributed by atoms with Crippen LogP contribution in [0.15, 0.2) is 42.9 Å². The largest absolute Gasteiger partial charge is 0.361 e. The van der Waals surface area contributed by atoms with E-state index in [-0.39, 0.29) is 18.4 Å². The maximum atomic E-state index is 13.5. The third-order valence-electron chi connectivity index (χ3n) is 5.31. The number of aromatic nitrogens is 2. The minimum Gasteiger partial charge on any atom is -0.361 e. The summed E-state index contributed by atoms with van der Waals surface area (Å²) in [6.07, 6.45) is 5.74. The summed E-state index contributed by atoms with van der Waals surface area (Å²) in [5.41, 5.74) is 0.297. The zero-order valence-electron chi connectivity index (χ0n) is 15.5. The molecule has 1 atom stereocenters. The number of aryl methyl sites for hydroxylation is 1. The Morgan fingerprint density at radius 1 is 1.19 bits per heavy atom. The third-order valence-corrected chi connectivity index (χ3v) is 5.31. The van der Waals surface area contributed by atoms with Crippen LogP contribution in [-0.4, -0.2) is 58.1 Å². The predicted octanol–water partition coefficient (Wildman–Crippen LogP) is 1.85. The summed E-state index contributed by atoms with van der Waals surface area (Å²) in [4.78, 5) is 34.0. The van der Waals surface area contributed by atoms with E-state index < -0.39 is 5.60 Å². The first-order valence-electron chi connectivity index (χ1n) is 9.37. The van der Waals surface area contributed by atoms with E-state index in [1.165, 1.54) is 0 Å². The first kappa shape index (κ1) is 17.7. The summed E-state index contributed by atoms with van der Waals surface area (Å²) < 4.78 is 7.81. The Kier molecular flexibility index (Phi) is 4.70. The Morgan fingerprint density at radius 2 is 2.00 bits per heavy atom. The molecule has 2 fully saturated rings.